The molecule has 0 aliphatic rings. The highest BCUT2D eigenvalue weighted by Crippen LogP contribution is 2.35. The molecule has 0 fully saturated rings. The number of likely N-dealkylation sites (N-methyl/N-ethyl adjacent to an activating group) is 1. The lowest BCUT2D eigenvalue weighted by Gasteiger charge is -2.21. The van der Waals surface area contributed by atoms with Gasteiger partial charge in [-0.15, -0.1) is 0 Å². The Morgan fingerprint density at radius 1 is 1.26 bits per heavy atom. The van der Waals surface area contributed by atoms with Crippen LogP contribution in [0.4, 0.5) is 16.2 Å². The smallest absolute Gasteiger partial charge is 0.412 e. The molecule has 1 aromatic rings. The number of methoxy groups -OCH3 is 1. The number of benzene rings is 1. The molecule has 23 heavy (non-hydrogen) atoms. The maximum absolute atomic E-state index is 11.9. The van der Waals surface area contributed by atoms with E-state index in [-0.39, 0.29) is 0 Å². The number of nitrogens with two attached hydrogens (primary N) is 1. The van der Waals surface area contributed by atoms with E-state index in [9.17, 15) is 4.79 Å². The summed E-state index contributed by atoms with van der Waals surface area (Å²) < 4.78 is 16.1. The topological polar surface area (TPSA) is 86.0 Å². The van der Waals surface area contributed by atoms with Gasteiger partial charge < -0.3 is 24.8 Å². The third kappa shape index (κ3) is 6.65. The molecule has 0 heterocycles. The van der Waals surface area contributed by atoms with Crippen LogP contribution in [0, 0.1) is 0 Å². The highest BCUT2D eigenvalue weighted by Gasteiger charge is 2.18. The molecule has 0 unspecified atom stereocenters. The van der Waals surface area contributed by atoms with E-state index in [4.69, 9.17) is 19.9 Å². The van der Waals surface area contributed by atoms with Crippen LogP contribution >= 0.6 is 0 Å². The zero-order chi connectivity index (χ0) is 17.6. The minimum atomic E-state index is -0.585. The van der Waals surface area contributed by atoms with E-state index in [0.717, 1.165) is 6.54 Å². The summed E-state index contributed by atoms with van der Waals surface area (Å²) in [4.78, 5) is 13.9. The van der Waals surface area contributed by atoms with Crippen LogP contribution < -0.4 is 20.5 Å². The number of carbonyl (C=O) groups excluding carboxylic acids is 1. The molecular weight excluding hydrogens is 298 g/mol. The first-order valence-corrected chi connectivity index (χ1v) is 7.37. The zero-order valence-corrected chi connectivity index (χ0v) is 14.7. The number of hydrogen-bond donors (Lipinski definition) is 2. The third-order valence-corrected chi connectivity index (χ3v) is 2.76. The number of nitrogen functional groups attached to an aromatic ring is 1. The Hall–Kier alpha value is -2.15. The van der Waals surface area contributed by atoms with Crippen LogP contribution in [0.2, 0.25) is 0 Å². The summed E-state index contributed by atoms with van der Waals surface area (Å²) in [7, 11) is 5.43. The quantitative estimate of drug-likeness (QED) is 0.782. The van der Waals surface area contributed by atoms with Crippen LogP contribution in [0.1, 0.15) is 20.8 Å². The second kappa shape index (κ2) is 7.92. The molecule has 0 bridgehead atoms. The van der Waals surface area contributed by atoms with E-state index in [0.29, 0.717) is 29.5 Å². The van der Waals surface area contributed by atoms with Gasteiger partial charge in [-0.05, 0) is 40.9 Å². The summed E-state index contributed by atoms with van der Waals surface area (Å²) in [6.07, 6.45) is -0.573. The van der Waals surface area contributed by atoms with E-state index in [1.165, 1.54) is 7.11 Å². The summed E-state index contributed by atoms with van der Waals surface area (Å²) in [5, 5.41) is 2.63. The summed E-state index contributed by atoms with van der Waals surface area (Å²) in [6.45, 7) is 6.64. The van der Waals surface area contributed by atoms with Crippen molar-refractivity contribution in [2.45, 2.75) is 26.4 Å². The van der Waals surface area contributed by atoms with E-state index >= 15 is 0 Å². The van der Waals surface area contributed by atoms with Gasteiger partial charge in [0.05, 0.1) is 18.5 Å². The Labute approximate surface area is 137 Å². The second-order valence-electron chi connectivity index (χ2n) is 6.37. The predicted octanol–water partition coefficient (Wildman–Crippen LogP) is 2.56. The molecule has 0 aliphatic heterocycles. The largest absolute Gasteiger partial charge is 0.494 e. The molecule has 0 saturated carbocycles. The Morgan fingerprint density at radius 2 is 1.91 bits per heavy atom. The van der Waals surface area contributed by atoms with Crippen LogP contribution in [0.5, 0.6) is 11.5 Å². The molecule has 0 saturated heterocycles. The van der Waals surface area contributed by atoms with Crippen molar-refractivity contribution in [2.24, 2.45) is 0 Å². The Balaban J connectivity index is 2.85. The monoisotopic (exact) mass is 325 g/mol. The zero-order valence-electron chi connectivity index (χ0n) is 14.7. The lowest BCUT2D eigenvalue weighted by Crippen LogP contribution is -2.27. The van der Waals surface area contributed by atoms with Crippen molar-refractivity contribution >= 4 is 17.5 Å². The van der Waals surface area contributed by atoms with Gasteiger partial charge in [0.1, 0.15) is 23.7 Å². The average Bonchev–Trinajstić information content (AvgIpc) is 2.38. The molecule has 0 aromatic heterocycles. The summed E-state index contributed by atoms with van der Waals surface area (Å²) >= 11 is 0. The van der Waals surface area contributed by atoms with E-state index in [1.807, 2.05) is 19.0 Å². The maximum atomic E-state index is 11.9. The second-order valence-corrected chi connectivity index (χ2v) is 6.37. The Morgan fingerprint density at radius 3 is 2.43 bits per heavy atom. The first-order chi connectivity index (χ1) is 10.6. The predicted molar refractivity (Wildman–Crippen MR) is 91.3 cm³/mol. The molecule has 0 radical (unpaired) electrons. The van der Waals surface area contributed by atoms with Crippen LogP contribution in [0.25, 0.3) is 0 Å². The van der Waals surface area contributed by atoms with Crippen molar-refractivity contribution in [1.29, 1.82) is 0 Å². The number of amides is 1. The number of anilines is 2. The number of rotatable bonds is 6. The van der Waals surface area contributed by atoms with Gasteiger partial charge in [0.25, 0.3) is 0 Å². The normalized spacial score (nSPS) is 11.3. The van der Waals surface area contributed by atoms with Crippen molar-refractivity contribution in [3.63, 3.8) is 0 Å². The van der Waals surface area contributed by atoms with Crippen molar-refractivity contribution < 1.29 is 19.0 Å². The van der Waals surface area contributed by atoms with Gasteiger partial charge in [-0.3, -0.25) is 5.32 Å². The van der Waals surface area contributed by atoms with Gasteiger partial charge in [-0.25, -0.2) is 4.79 Å². The SMILES string of the molecule is COc1cc(OCCN(C)C)c(N)cc1NC(=O)OC(C)(C)C. The van der Waals surface area contributed by atoms with Crippen molar-refractivity contribution in [1.82, 2.24) is 4.90 Å². The molecule has 7 heteroatoms. The lowest BCUT2D eigenvalue weighted by atomic mass is 10.2. The molecule has 1 amide bonds. The molecule has 0 spiro atoms. The number of nitrogens with one attached hydrogen (secondary N) is 1. The standard InChI is InChI=1S/C16H27N3O4/c1-16(2,3)23-15(20)18-12-9-11(17)13(10-14(12)21-6)22-8-7-19(4)5/h9-10H,7-8,17H2,1-6H3,(H,18,20). The third-order valence-electron chi connectivity index (χ3n) is 2.76. The molecule has 1 aromatic carbocycles. The fourth-order valence-corrected chi connectivity index (χ4v) is 1.72. The summed E-state index contributed by atoms with van der Waals surface area (Å²) in [5.74, 6) is 0.961. The van der Waals surface area contributed by atoms with Crippen LogP contribution in [0.3, 0.4) is 0 Å². The minimum absolute atomic E-state index is 0.413. The maximum Gasteiger partial charge on any atom is 0.412 e. The fraction of sp³-hybridized carbons (Fsp3) is 0.562. The van der Waals surface area contributed by atoms with Gasteiger partial charge in [-0.2, -0.15) is 0 Å². The first kappa shape index (κ1) is 18.9. The van der Waals surface area contributed by atoms with Crippen molar-refractivity contribution in [2.75, 3.05) is 45.4 Å². The van der Waals surface area contributed by atoms with Crippen LogP contribution in [-0.4, -0.2) is 51.0 Å². The highest BCUT2D eigenvalue weighted by atomic mass is 16.6. The molecule has 7 nitrogen and oxygen atoms in total. The van der Waals surface area contributed by atoms with Gasteiger partial charge in [-0.1, -0.05) is 0 Å². The number of ether oxygens (including phenoxy) is 3. The van der Waals surface area contributed by atoms with E-state index < -0.39 is 11.7 Å². The Kier molecular flexibility index (Phi) is 6.50. The van der Waals surface area contributed by atoms with E-state index in [1.54, 1.807) is 32.9 Å². The first-order valence-electron chi connectivity index (χ1n) is 7.37. The Bertz CT molecular complexity index is 539. The summed E-state index contributed by atoms with van der Waals surface area (Å²) in [6, 6.07) is 3.24. The van der Waals surface area contributed by atoms with Crippen molar-refractivity contribution in [3.05, 3.63) is 12.1 Å². The molecule has 0 aliphatic carbocycles. The number of hydrogen-bond acceptors (Lipinski definition) is 6. The molecule has 3 N–H and O–H groups in total. The number of carbonyl (C=O) groups is 1. The minimum Gasteiger partial charge on any atom is -0.494 e. The molecule has 0 atom stereocenters. The molecule has 1 rings (SSSR count). The molecule has 130 valence electrons. The van der Waals surface area contributed by atoms with Crippen LogP contribution in [-0.2, 0) is 4.74 Å². The molecular formula is C16H27N3O4. The van der Waals surface area contributed by atoms with Crippen LogP contribution in [0.15, 0.2) is 12.1 Å². The highest BCUT2D eigenvalue weighted by molar-refractivity contribution is 5.88. The van der Waals surface area contributed by atoms with Gasteiger partial charge in [0.15, 0.2) is 0 Å². The fourth-order valence-electron chi connectivity index (χ4n) is 1.72. The van der Waals surface area contributed by atoms with Crippen molar-refractivity contribution in [3.8, 4) is 11.5 Å². The van der Waals surface area contributed by atoms with Gasteiger partial charge in [0, 0.05) is 12.6 Å². The van der Waals surface area contributed by atoms with E-state index in [2.05, 4.69) is 5.32 Å². The average molecular weight is 325 g/mol. The number of nitrogens with zero attached hydrogens (tertiary/aromatic N) is 1. The summed E-state index contributed by atoms with van der Waals surface area (Å²) in [5.41, 5.74) is 6.24. The van der Waals surface area contributed by atoms with Gasteiger partial charge >= 0.3 is 6.09 Å². The van der Waals surface area contributed by atoms with Gasteiger partial charge in [0.2, 0.25) is 0 Å². The lowest BCUT2D eigenvalue weighted by molar-refractivity contribution is 0.0635.